The van der Waals surface area contributed by atoms with Crippen molar-refractivity contribution in [3.63, 3.8) is 0 Å². The fourth-order valence-electron chi connectivity index (χ4n) is 6.88. The van der Waals surface area contributed by atoms with E-state index in [1.54, 1.807) is 36.4 Å². The van der Waals surface area contributed by atoms with E-state index < -0.39 is 11.8 Å². The maximum absolute atomic E-state index is 14.3. The van der Waals surface area contributed by atoms with Crippen molar-refractivity contribution in [1.82, 2.24) is 4.90 Å². The fourth-order valence-corrected chi connectivity index (χ4v) is 6.88. The van der Waals surface area contributed by atoms with Crippen LogP contribution in [0, 0.1) is 11.7 Å². The minimum absolute atomic E-state index is 0.0272. The summed E-state index contributed by atoms with van der Waals surface area (Å²) in [6.07, 6.45) is 3.85. The predicted octanol–water partition coefficient (Wildman–Crippen LogP) is 7.30. The Bertz CT molecular complexity index is 1560. The molecule has 1 heterocycles. The van der Waals surface area contributed by atoms with Gasteiger partial charge in [0.05, 0.1) is 12.5 Å². The molecule has 0 aromatic heterocycles. The van der Waals surface area contributed by atoms with Gasteiger partial charge in [0.25, 0.3) is 5.91 Å². The number of halogens is 2. The highest BCUT2D eigenvalue weighted by atomic mass is 19.2. The van der Waals surface area contributed by atoms with Gasteiger partial charge in [-0.25, -0.2) is 4.39 Å². The summed E-state index contributed by atoms with van der Waals surface area (Å²) in [5.41, 5.74) is 3.61. The lowest BCUT2D eigenvalue weighted by Crippen LogP contribution is -2.53. The summed E-state index contributed by atoms with van der Waals surface area (Å²) in [6, 6.07) is 18.0. The van der Waals surface area contributed by atoms with Crippen LogP contribution in [0.1, 0.15) is 80.8 Å². The number of nitrogens with zero attached hydrogens (tertiary/aromatic N) is 2. The van der Waals surface area contributed by atoms with Crippen LogP contribution in [0.2, 0.25) is 0 Å². The van der Waals surface area contributed by atoms with Crippen LogP contribution in [-0.4, -0.2) is 45.7 Å². The monoisotopic (exact) mass is 602 g/mol. The van der Waals surface area contributed by atoms with E-state index in [-0.39, 0.29) is 54.5 Å². The number of carboxylic acid groups (broad SMARTS) is 1. The molecular weight excluding hydrogens is 566 g/mol. The third-order valence-corrected chi connectivity index (χ3v) is 8.81. The second kappa shape index (κ2) is 11.7. The molecule has 0 bridgehead atoms. The Hall–Kier alpha value is -4.27. The molecular formula is C35H36F2N2O5. The minimum Gasteiger partial charge on any atom is -0.481 e. The Balaban J connectivity index is 1.44. The standard InChI is InChI=1S/C35H36F2N2O5/c1-35(2,37)44-26-15-8-22(9-16-26)34(43)39-29-5-3-4-27(29)33(38(25-13-14-25)31(40)18-19-32(41)42)28-20-23(10-17-30(28)39)21-6-11-24(36)12-7-21/h6-12,15-17,20,25,27,29,33H,3-5,13-14,18-19H2,1-2H3,(H,41,42). The molecule has 3 aromatic carbocycles. The second-order valence-corrected chi connectivity index (χ2v) is 12.5. The zero-order valence-corrected chi connectivity index (χ0v) is 24.8. The summed E-state index contributed by atoms with van der Waals surface area (Å²) in [5.74, 6) is -3.33. The number of ether oxygens (including phenoxy) is 1. The number of alkyl halides is 1. The highest BCUT2D eigenvalue weighted by molar-refractivity contribution is 6.07. The van der Waals surface area contributed by atoms with E-state index >= 15 is 0 Å². The van der Waals surface area contributed by atoms with Gasteiger partial charge >= 0.3 is 5.97 Å². The Morgan fingerprint density at radius 1 is 0.932 bits per heavy atom. The van der Waals surface area contributed by atoms with Gasteiger partial charge in [0.2, 0.25) is 11.8 Å². The fraction of sp³-hybridized carbons (Fsp3) is 0.400. The van der Waals surface area contributed by atoms with Crippen LogP contribution in [0.15, 0.2) is 66.7 Å². The SMILES string of the molecule is CC(C)(F)Oc1ccc(C(=O)N2c3ccc(-c4ccc(F)cc4)cc3C(N(C(=O)CCC(=O)O)C3CC3)C3CCCC32)cc1. The average molecular weight is 603 g/mol. The van der Waals surface area contributed by atoms with Gasteiger partial charge in [-0.2, -0.15) is 4.39 Å². The molecule has 9 heteroatoms. The molecule has 2 fully saturated rings. The van der Waals surface area contributed by atoms with E-state index in [4.69, 9.17) is 4.74 Å². The molecule has 0 radical (unpaired) electrons. The molecule has 3 atom stereocenters. The van der Waals surface area contributed by atoms with Crippen molar-refractivity contribution in [3.8, 4) is 16.9 Å². The van der Waals surface area contributed by atoms with Crippen molar-refractivity contribution in [1.29, 1.82) is 0 Å². The molecule has 6 rings (SSSR count). The first-order valence-electron chi connectivity index (χ1n) is 15.2. The third-order valence-electron chi connectivity index (χ3n) is 8.81. The zero-order valence-electron chi connectivity index (χ0n) is 24.8. The van der Waals surface area contributed by atoms with Crippen molar-refractivity contribution in [2.45, 2.75) is 82.8 Å². The third kappa shape index (κ3) is 6.05. The minimum atomic E-state index is -1.86. The molecule has 2 aliphatic carbocycles. The van der Waals surface area contributed by atoms with Gasteiger partial charge in [0, 0.05) is 49.5 Å². The lowest BCUT2D eigenvalue weighted by atomic mass is 9.80. The highest BCUT2D eigenvalue weighted by Crippen LogP contribution is 2.53. The molecule has 3 unspecified atom stereocenters. The Morgan fingerprint density at radius 3 is 2.25 bits per heavy atom. The summed E-state index contributed by atoms with van der Waals surface area (Å²) in [7, 11) is 0. The predicted molar refractivity (Wildman–Crippen MR) is 162 cm³/mol. The number of aliphatic carboxylic acids is 1. The number of hydrogen-bond donors (Lipinski definition) is 1. The molecule has 230 valence electrons. The lowest BCUT2D eigenvalue weighted by molar-refractivity contribution is -0.142. The number of benzene rings is 3. The maximum Gasteiger partial charge on any atom is 0.303 e. The number of hydrogen-bond acceptors (Lipinski definition) is 4. The molecule has 2 saturated carbocycles. The molecule has 44 heavy (non-hydrogen) atoms. The van der Waals surface area contributed by atoms with Gasteiger partial charge in [-0.1, -0.05) is 24.6 Å². The average Bonchev–Trinajstić information content (AvgIpc) is 3.70. The molecule has 1 aliphatic heterocycles. The van der Waals surface area contributed by atoms with Crippen LogP contribution in [0.3, 0.4) is 0 Å². The quantitative estimate of drug-likeness (QED) is 0.278. The Morgan fingerprint density at radius 2 is 1.61 bits per heavy atom. The van der Waals surface area contributed by atoms with E-state index in [1.807, 2.05) is 28.0 Å². The smallest absolute Gasteiger partial charge is 0.303 e. The number of carboxylic acids is 1. The van der Waals surface area contributed by atoms with Crippen LogP contribution in [0.25, 0.3) is 11.1 Å². The number of anilines is 1. The number of rotatable bonds is 9. The van der Waals surface area contributed by atoms with Crippen molar-refractivity contribution in [2.24, 2.45) is 5.92 Å². The highest BCUT2D eigenvalue weighted by Gasteiger charge is 2.51. The first-order chi connectivity index (χ1) is 21.0. The van der Waals surface area contributed by atoms with E-state index in [0.717, 1.165) is 48.8 Å². The van der Waals surface area contributed by atoms with Crippen molar-refractivity contribution in [3.05, 3.63) is 83.7 Å². The summed E-state index contributed by atoms with van der Waals surface area (Å²) < 4.78 is 33.1. The normalized spacial score (nSPS) is 20.9. The van der Waals surface area contributed by atoms with Gasteiger partial charge in [0.1, 0.15) is 11.6 Å². The van der Waals surface area contributed by atoms with Gasteiger partial charge in [-0.05, 0) is 90.9 Å². The summed E-state index contributed by atoms with van der Waals surface area (Å²) in [4.78, 5) is 43.1. The van der Waals surface area contributed by atoms with E-state index in [9.17, 15) is 28.3 Å². The van der Waals surface area contributed by atoms with Crippen molar-refractivity contribution < 1.29 is 33.0 Å². The van der Waals surface area contributed by atoms with Crippen molar-refractivity contribution in [2.75, 3.05) is 4.90 Å². The first-order valence-corrected chi connectivity index (χ1v) is 15.2. The molecule has 3 aliphatic rings. The Kier molecular flexibility index (Phi) is 7.90. The number of carbonyl (C=O) groups excluding carboxylic acids is 2. The maximum atomic E-state index is 14.3. The van der Waals surface area contributed by atoms with E-state index in [0.29, 0.717) is 17.0 Å². The molecule has 1 N–H and O–H groups in total. The van der Waals surface area contributed by atoms with Gasteiger partial charge in [0.15, 0.2) is 0 Å². The lowest BCUT2D eigenvalue weighted by Gasteiger charge is -2.48. The zero-order chi connectivity index (χ0) is 31.2. The van der Waals surface area contributed by atoms with Crippen LogP contribution in [0.4, 0.5) is 14.5 Å². The van der Waals surface area contributed by atoms with Gasteiger partial charge in [-0.15, -0.1) is 0 Å². The number of carbonyl (C=O) groups is 3. The van der Waals surface area contributed by atoms with Crippen LogP contribution >= 0.6 is 0 Å². The van der Waals surface area contributed by atoms with Gasteiger partial charge < -0.3 is 19.6 Å². The summed E-state index contributed by atoms with van der Waals surface area (Å²) in [5, 5.41) is 9.31. The molecule has 7 nitrogen and oxygen atoms in total. The van der Waals surface area contributed by atoms with Crippen LogP contribution in [0.5, 0.6) is 5.75 Å². The topological polar surface area (TPSA) is 87.2 Å². The summed E-state index contributed by atoms with van der Waals surface area (Å²) in [6.45, 7) is 2.62. The molecule has 0 saturated heterocycles. The van der Waals surface area contributed by atoms with Crippen LogP contribution in [-0.2, 0) is 9.59 Å². The molecule has 0 spiro atoms. The largest absolute Gasteiger partial charge is 0.481 e. The van der Waals surface area contributed by atoms with E-state index in [1.165, 1.54) is 26.0 Å². The molecule has 2 amide bonds. The van der Waals surface area contributed by atoms with E-state index in [2.05, 4.69) is 0 Å². The number of fused-ring (bicyclic) bond motifs is 2. The number of amides is 2. The summed E-state index contributed by atoms with van der Waals surface area (Å²) >= 11 is 0. The first kappa shape index (κ1) is 29.8. The van der Waals surface area contributed by atoms with Crippen molar-refractivity contribution >= 4 is 23.5 Å². The van der Waals surface area contributed by atoms with Crippen LogP contribution < -0.4 is 9.64 Å². The van der Waals surface area contributed by atoms with Gasteiger partial charge in [-0.3, -0.25) is 14.4 Å². The molecule has 3 aromatic rings. The Labute approximate surface area is 255 Å². The second-order valence-electron chi connectivity index (χ2n) is 12.5.